The van der Waals surface area contributed by atoms with Gasteiger partial charge in [-0.15, -0.1) is 0 Å². The van der Waals surface area contributed by atoms with E-state index in [1.54, 1.807) is 0 Å². The summed E-state index contributed by atoms with van der Waals surface area (Å²) in [5.74, 6) is 0. The highest BCUT2D eigenvalue weighted by atomic mass is 127. The number of hydrogen-bond donors (Lipinski definition) is 0. The minimum atomic E-state index is 1.13. The predicted octanol–water partition coefficient (Wildman–Crippen LogP) is 4.55. The van der Waals surface area contributed by atoms with Gasteiger partial charge in [0, 0.05) is 8.06 Å². The van der Waals surface area contributed by atoms with Gasteiger partial charge in [-0.25, -0.2) is 0 Å². The molecule has 0 aliphatic heterocycles. The summed E-state index contributed by atoms with van der Waals surface area (Å²) in [6.07, 6.45) is 6.03. The molecule has 0 aliphatic rings. The van der Waals surface area contributed by atoms with Crippen molar-refractivity contribution < 1.29 is 0 Å². The number of hydrogen-bond acceptors (Lipinski definition) is 0. The molecule has 0 atom stereocenters. The van der Waals surface area contributed by atoms with Crippen molar-refractivity contribution >= 4 is 61.1 Å². The fraction of sp³-hybridized carbons (Fsp3) is 0.143. The van der Waals surface area contributed by atoms with Gasteiger partial charge >= 0.3 is 0 Å². The molecule has 0 aromatic rings. The molecule has 0 amide bonds. The first-order valence-electron chi connectivity index (χ1n) is 2.67. The molecule has 0 heterocycles. The Balaban J connectivity index is 4.19. The van der Waals surface area contributed by atoms with Gasteiger partial charge in [-0.05, 0) is 55.6 Å². The molecule has 0 spiro atoms. The van der Waals surface area contributed by atoms with E-state index in [0.717, 1.165) is 4.48 Å². The largest absolute Gasteiger partial charge is 0.0876 e. The fourth-order valence-electron chi connectivity index (χ4n) is 0.312. The minimum absolute atomic E-state index is 1.13. The smallest absolute Gasteiger partial charge is 0.0333 e. The van der Waals surface area contributed by atoms with Gasteiger partial charge in [0.25, 0.3) is 0 Å². The van der Waals surface area contributed by atoms with Crippen molar-refractivity contribution in [2.24, 2.45) is 0 Å². The normalized spacial score (nSPS) is 14.8. The van der Waals surface area contributed by atoms with E-state index in [1.807, 2.05) is 29.2 Å². The maximum Gasteiger partial charge on any atom is 0.0333 e. The van der Waals surface area contributed by atoms with Crippen molar-refractivity contribution in [1.29, 1.82) is 0 Å². The molecular weight excluding hydrogens is 418 g/mol. The van der Waals surface area contributed by atoms with Crippen LogP contribution in [-0.2, 0) is 0 Å². The van der Waals surface area contributed by atoms with Crippen LogP contribution in [0.15, 0.2) is 30.4 Å². The van der Waals surface area contributed by atoms with Crippen LogP contribution >= 0.6 is 61.1 Å². The van der Waals surface area contributed by atoms with Crippen LogP contribution in [0.25, 0.3) is 0 Å². The van der Waals surface area contributed by atoms with E-state index in [4.69, 9.17) is 0 Å². The first-order chi connectivity index (χ1) is 4.72. The highest BCUT2D eigenvalue weighted by molar-refractivity contribution is 14.1. The summed E-state index contributed by atoms with van der Waals surface area (Å²) >= 11 is 7.93. The molecule has 0 nitrogen and oxygen atoms in total. The Bertz CT molecular complexity index is 180. The van der Waals surface area contributed by atoms with E-state index in [1.165, 1.54) is 3.58 Å². The Morgan fingerprint density at radius 1 is 1.50 bits per heavy atom. The first kappa shape index (κ1) is 11.2. The summed E-state index contributed by atoms with van der Waals surface area (Å²) in [7, 11) is 0. The lowest BCUT2D eigenvalue weighted by Gasteiger charge is -1.90. The van der Waals surface area contributed by atoms with Crippen LogP contribution in [0.2, 0.25) is 0 Å². The summed E-state index contributed by atoms with van der Waals surface area (Å²) < 4.78 is 4.37. The molecule has 0 radical (unpaired) electrons. The van der Waals surface area contributed by atoms with Crippen LogP contribution in [0.4, 0.5) is 0 Å². The zero-order valence-electron chi connectivity index (χ0n) is 5.44. The molecular formula is C7H7BrI2. The standard InChI is InChI=1S/C7H7BrI2/c1-2-3-4-6(8)7(10)5-9/h2-5H,1H3/b3-2+,6-4+,7-5+. The summed E-state index contributed by atoms with van der Waals surface area (Å²) in [5, 5.41) is 0. The van der Waals surface area contributed by atoms with E-state index in [-0.39, 0.29) is 0 Å². The lowest BCUT2D eigenvalue weighted by atomic mass is 10.4. The third-order valence-electron chi connectivity index (χ3n) is 0.759. The van der Waals surface area contributed by atoms with Crippen LogP contribution in [0.3, 0.4) is 0 Å². The fourth-order valence-corrected chi connectivity index (χ4v) is 1.52. The quantitative estimate of drug-likeness (QED) is 0.450. The van der Waals surface area contributed by atoms with Crippen molar-refractivity contribution in [2.75, 3.05) is 0 Å². The van der Waals surface area contributed by atoms with E-state index in [9.17, 15) is 0 Å². The van der Waals surface area contributed by atoms with Crippen molar-refractivity contribution in [3.63, 3.8) is 0 Å². The Kier molecular flexibility index (Phi) is 7.64. The Morgan fingerprint density at radius 2 is 2.10 bits per heavy atom. The Labute approximate surface area is 97.3 Å². The lowest BCUT2D eigenvalue weighted by molar-refractivity contribution is 1.73. The highest BCUT2D eigenvalue weighted by Crippen LogP contribution is 2.24. The molecule has 0 N–H and O–H groups in total. The minimum Gasteiger partial charge on any atom is -0.0876 e. The molecule has 0 saturated carbocycles. The van der Waals surface area contributed by atoms with E-state index >= 15 is 0 Å². The topological polar surface area (TPSA) is 0 Å². The van der Waals surface area contributed by atoms with Gasteiger partial charge in [0.1, 0.15) is 0 Å². The predicted molar refractivity (Wildman–Crippen MR) is 67.9 cm³/mol. The van der Waals surface area contributed by atoms with Crippen LogP contribution in [0, 0.1) is 0 Å². The van der Waals surface area contributed by atoms with Gasteiger partial charge in [-0.2, -0.15) is 0 Å². The second-order valence-corrected chi connectivity index (χ2v) is 4.14. The zero-order chi connectivity index (χ0) is 7.98. The molecule has 3 heteroatoms. The second kappa shape index (κ2) is 6.84. The molecule has 0 rings (SSSR count). The van der Waals surface area contributed by atoms with E-state index in [2.05, 4.69) is 61.1 Å². The first-order valence-corrected chi connectivity index (χ1v) is 5.78. The van der Waals surface area contributed by atoms with Gasteiger partial charge < -0.3 is 0 Å². The number of halogens is 3. The average Bonchev–Trinajstić information content (AvgIpc) is 1.98. The number of allylic oxidation sites excluding steroid dienone is 5. The van der Waals surface area contributed by atoms with Gasteiger partial charge in [0.2, 0.25) is 0 Å². The summed E-state index contributed by atoms with van der Waals surface area (Å²) in [6.45, 7) is 2.00. The zero-order valence-corrected chi connectivity index (χ0v) is 11.3. The molecule has 0 aromatic heterocycles. The summed E-state index contributed by atoms with van der Waals surface area (Å²) in [4.78, 5) is 0. The third-order valence-corrected chi connectivity index (χ3v) is 4.90. The maximum atomic E-state index is 3.43. The molecule has 10 heavy (non-hydrogen) atoms. The maximum absolute atomic E-state index is 3.43. The van der Waals surface area contributed by atoms with Gasteiger partial charge in [-0.1, -0.05) is 34.7 Å². The van der Waals surface area contributed by atoms with Crippen molar-refractivity contribution in [1.82, 2.24) is 0 Å². The van der Waals surface area contributed by atoms with E-state index in [0.29, 0.717) is 0 Å². The Hall–Kier alpha value is 1.16. The molecule has 0 saturated heterocycles. The monoisotopic (exact) mass is 424 g/mol. The molecule has 0 aliphatic carbocycles. The van der Waals surface area contributed by atoms with Crippen LogP contribution in [-0.4, -0.2) is 0 Å². The lowest BCUT2D eigenvalue weighted by Crippen LogP contribution is -1.65. The van der Waals surface area contributed by atoms with Crippen LogP contribution < -0.4 is 0 Å². The second-order valence-electron chi connectivity index (χ2n) is 1.50. The summed E-state index contributed by atoms with van der Waals surface area (Å²) in [5.41, 5.74) is 0. The van der Waals surface area contributed by atoms with Gasteiger partial charge in [0.15, 0.2) is 0 Å². The number of rotatable bonds is 2. The van der Waals surface area contributed by atoms with Crippen LogP contribution in [0.5, 0.6) is 0 Å². The summed E-state index contributed by atoms with van der Waals surface area (Å²) in [6, 6.07) is 0. The molecule has 0 aromatic carbocycles. The average molecular weight is 425 g/mol. The van der Waals surface area contributed by atoms with Gasteiger partial charge in [-0.3, -0.25) is 0 Å². The van der Waals surface area contributed by atoms with Crippen molar-refractivity contribution in [3.05, 3.63) is 30.4 Å². The Morgan fingerprint density at radius 3 is 2.50 bits per heavy atom. The third kappa shape index (κ3) is 4.90. The molecule has 0 bridgehead atoms. The van der Waals surface area contributed by atoms with Crippen molar-refractivity contribution in [2.45, 2.75) is 6.92 Å². The van der Waals surface area contributed by atoms with E-state index < -0.39 is 0 Å². The molecule has 56 valence electrons. The highest BCUT2D eigenvalue weighted by Gasteiger charge is 1.91. The van der Waals surface area contributed by atoms with Crippen LogP contribution in [0.1, 0.15) is 6.92 Å². The van der Waals surface area contributed by atoms with Gasteiger partial charge in [0.05, 0.1) is 0 Å². The van der Waals surface area contributed by atoms with Crippen molar-refractivity contribution in [3.8, 4) is 0 Å². The SMILES string of the molecule is C/C=C/C=C(Br)\C(I)=C/I. The molecule has 0 fully saturated rings. The molecule has 0 unspecified atom stereocenters.